The molecule has 0 bridgehead atoms. The number of aromatic nitrogens is 5. The lowest BCUT2D eigenvalue weighted by Gasteiger charge is -2.09. The third-order valence-corrected chi connectivity index (χ3v) is 4.93. The van der Waals surface area contributed by atoms with Gasteiger partial charge in [-0.1, -0.05) is 55.4 Å². The number of methoxy groups -OCH3 is 1. The van der Waals surface area contributed by atoms with Gasteiger partial charge >= 0.3 is 0 Å². The maximum Gasteiger partial charge on any atom is 0.207 e. The minimum absolute atomic E-state index is 0.299. The zero-order chi connectivity index (χ0) is 23.2. The van der Waals surface area contributed by atoms with E-state index in [0.717, 1.165) is 11.3 Å². The largest absolute Gasteiger partial charge is 0.473 e. The van der Waals surface area contributed by atoms with E-state index < -0.39 is 0 Å². The van der Waals surface area contributed by atoms with Crippen molar-refractivity contribution in [3.63, 3.8) is 0 Å². The Morgan fingerprint density at radius 3 is 2.55 bits per heavy atom. The number of ether oxygens (including phenoxy) is 2. The summed E-state index contributed by atoms with van der Waals surface area (Å²) < 4.78 is 17.9. The van der Waals surface area contributed by atoms with E-state index in [9.17, 15) is 0 Å². The van der Waals surface area contributed by atoms with Crippen LogP contribution in [0, 0.1) is 0 Å². The van der Waals surface area contributed by atoms with Crippen LogP contribution in [0.25, 0.3) is 22.9 Å². The van der Waals surface area contributed by atoms with Crippen molar-refractivity contribution in [1.29, 1.82) is 0 Å². The van der Waals surface area contributed by atoms with Crippen LogP contribution < -0.4 is 0 Å². The van der Waals surface area contributed by atoms with E-state index in [-0.39, 0.29) is 0 Å². The van der Waals surface area contributed by atoms with Crippen LogP contribution in [0.2, 0.25) is 0 Å². The highest BCUT2D eigenvalue weighted by atomic mass is 16.5. The van der Waals surface area contributed by atoms with E-state index in [0.29, 0.717) is 48.1 Å². The highest BCUT2D eigenvalue weighted by molar-refractivity contribution is 5.74. The first-order valence-electron chi connectivity index (χ1n) is 10.6. The molecule has 4 aromatic rings. The first-order valence-corrected chi connectivity index (χ1v) is 10.6. The maximum absolute atomic E-state index is 5.87. The first-order chi connectivity index (χ1) is 16.0. The highest BCUT2D eigenvalue weighted by Gasteiger charge is 2.19. The second-order valence-corrected chi connectivity index (χ2v) is 7.78. The fourth-order valence-corrected chi connectivity index (χ4v) is 3.14. The van der Waals surface area contributed by atoms with Crippen molar-refractivity contribution in [1.82, 2.24) is 25.0 Å². The standard InChI is InChI=1S/C24H26N6O3/c1-16(2)19-10-11-20(25-13-19)14-32-17(3)28-30-23(18-8-6-5-7-9-18)26-27-24(30)22-12-21(15-31-4)33-29-22/h5-13,16H,14-15H2,1-4H3/b28-17+. The number of rotatable bonds is 8. The summed E-state index contributed by atoms with van der Waals surface area (Å²) in [4.78, 5) is 4.47. The monoisotopic (exact) mass is 446 g/mol. The van der Waals surface area contributed by atoms with Gasteiger partial charge in [-0.05, 0) is 17.5 Å². The van der Waals surface area contributed by atoms with Gasteiger partial charge in [0.1, 0.15) is 13.2 Å². The highest BCUT2D eigenvalue weighted by Crippen LogP contribution is 2.25. The number of pyridine rings is 1. The van der Waals surface area contributed by atoms with Gasteiger partial charge in [-0.25, -0.2) is 0 Å². The van der Waals surface area contributed by atoms with E-state index in [1.165, 1.54) is 5.56 Å². The molecule has 3 aromatic heterocycles. The van der Waals surface area contributed by atoms with Crippen molar-refractivity contribution in [2.75, 3.05) is 7.11 Å². The SMILES string of the molecule is COCc1cc(-c2nnc(-c3ccccc3)n2/N=C(\C)OCc2ccc(C(C)C)cn2)no1. The van der Waals surface area contributed by atoms with Crippen LogP contribution in [0.15, 0.2) is 64.4 Å². The summed E-state index contributed by atoms with van der Waals surface area (Å²) in [5.41, 5.74) is 3.37. The molecule has 0 fully saturated rings. The zero-order valence-corrected chi connectivity index (χ0v) is 19.1. The Balaban J connectivity index is 1.62. The Morgan fingerprint density at radius 1 is 1.06 bits per heavy atom. The molecule has 0 aliphatic heterocycles. The summed E-state index contributed by atoms with van der Waals surface area (Å²) in [6, 6.07) is 15.5. The normalized spacial score (nSPS) is 11.8. The van der Waals surface area contributed by atoms with Crippen molar-refractivity contribution >= 4 is 5.90 Å². The second kappa shape index (κ2) is 10.2. The zero-order valence-electron chi connectivity index (χ0n) is 19.1. The predicted octanol–water partition coefficient (Wildman–Crippen LogP) is 4.66. The van der Waals surface area contributed by atoms with Crippen molar-refractivity contribution in [2.45, 2.75) is 39.9 Å². The number of nitrogens with zero attached hydrogens (tertiary/aromatic N) is 6. The quantitative estimate of drug-likeness (QED) is 0.286. The number of benzene rings is 1. The van der Waals surface area contributed by atoms with Gasteiger partial charge in [0, 0.05) is 31.9 Å². The van der Waals surface area contributed by atoms with E-state index >= 15 is 0 Å². The van der Waals surface area contributed by atoms with Gasteiger partial charge in [-0.15, -0.1) is 15.3 Å². The topological polar surface area (TPSA) is 100 Å². The summed E-state index contributed by atoms with van der Waals surface area (Å²) in [5, 5.41) is 17.4. The smallest absolute Gasteiger partial charge is 0.207 e. The summed E-state index contributed by atoms with van der Waals surface area (Å²) in [6.07, 6.45) is 1.88. The minimum Gasteiger partial charge on any atom is -0.473 e. The molecule has 1 aromatic carbocycles. The molecular formula is C24H26N6O3. The first kappa shape index (κ1) is 22.3. The molecule has 0 saturated heterocycles. The van der Waals surface area contributed by atoms with Crippen LogP contribution in [-0.4, -0.2) is 38.0 Å². The average Bonchev–Trinajstić information content (AvgIpc) is 3.46. The molecule has 0 aliphatic rings. The van der Waals surface area contributed by atoms with Gasteiger partial charge in [0.15, 0.2) is 17.3 Å². The summed E-state index contributed by atoms with van der Waals surface area (Å²) in [7, 11) is 1.59. The lowest BCUT2D eigenvalue weighted by molar-refractivity contribution is 0.156. The third kappa shape index (κ3) is 5.32. The van der Waals surface area contributed by atoms with Gasteiger partial charge < -0.3 is 14.0 Å². The van der Waals surface area contributed by atoms with Crippen LogP contribution in [0.3, 0.4) is 0 Å². The Labute approximate surface area is 192 Å². The van der Waals surface area contributed by atoms with Crippen LogP contribution in [0.4, 0.5) is 0 Å². The molecular weight excluding hydrogens is 420 g/mol. The van der Waals surface area contributed by atoms with Gasteiger partial charge in [-0.2, -0.15) is 4.68 Å². The molecule has 3 heterocycles. The second-order valence-electron chi connectivity index (χ2n) is 7.78. The molecule has 0 radical (unpaired) electrons. The summed E-state index contributed by atoms with van der Waals surface area (Å²) in [5.74, 6) is 2.44. The minimum atomic E-state index is 0.299. The van der Waals surface area contributed by atoms with Crippen molar-refractivity contribution in [3.05, 3.63) is 71.7 Å². The summed E-state index contributed by atoms with van der Waals surface area (Å²) >= 11 is 0. The Kier molecular flexibility index (Phi) is 6.89. The van der Waals surface area contributed by atoms with Gasteiger partial charge in [0.2, 0.25) is 11.7 Å². The van der Waals surface area contributed by atoms with E-state index in [1.807, 2.05) is 42.6 Å². The molecule has 0 amide bonds. The van der Waals surface area contributed by atoms with Crippen LogP contribution in [0.1, 0.15) is 43.7 Å². The Hall–Kier alpha value is -3.85. The molecule has 33 heavy (non-hydrogen) atoms. The molecule has 0 N–H and O–H groups in total. The van der Waals surface area contributed by atoms with Crippen molar-refractivity contribution in [2.24, 2.45) is 5.10 Å². The summed E-state index contributed by atoms with van der Waals surface area (Å²) in [6.45, 7) is 6.66. The fourth-order valence-electron chi connectivity index (χ4n) is 3.14. The lowest BCUT2D eigenvalue weighted by atomic mass is 10.1. The van der Waals surface area contributed by atoms with Gasteiger partial charge in [0.05, 0.1) is 5.69 Å². The molecule has 0 aliphatic carbocycles. The van der Waals surface area contributed by atoms with Crippen molar-refractivity contribution in [3.8, 4) is 22.9 Å². The van der Waals surface area contributed by atoms with Crippen LogP contribution in [-0.2, 0) is 22.7 Å². The van der Waals surface area contributed by atoms with Gasteiger partial charge in [-0.3, -0.25) is 4.98 Å². The molecule has 0 spiro atoms. The van der Waals surface area contributed by atoms with Crippen LogP contribution in [0.5, 0.6) is 0 Å². The van der Waals surface area contributed by atoms with Crippen LogP contribution >= 0.6 is 0 Å². The molecule has 0 saturated carbocycles. The average molecular weight is 447 g/mol. The van der Waals surface area contributed by atoms with Crippen molar-refractivity contribution < 1.29 is 14.0 Å². The Bertz CT molecular complexity index is 1210. The molecule has 9 heteroatoms. The lowest BCUT2D eigenvalue weighted by Crippen LogP contribution is -2.06. The van der Waals surface area contributed by atoms with E-state index in [4.69, 9.17) is 14.0 Å². The van der Waals surface area contributed by atoms with Gasteiger partial charge in [0.25, 0.3) is 0 Å². The molecule has 9 nitrogen and oxygen atoms in total. The molecule has 0 unspecified atom stereocenters. The Morgan fingerprint density at radius 2 is 1.85 bits per heavy atom. The number of hydrogen-bond donors (Lipinski definition) is 0. The third-order valence-electron chi connectivity index (χ3n) is 4.93. The van der Waals surface area contributed by atoms with E-state index in [2.05, 4.69) is 45.4 Å². The molecule has 170 valence electrons. The fraction of sp³-hybridized carbons (Fsp3) is 0.292. The molecule has 4 rings (SSSR count). The van der Waals surface area contributed by atoms with E-state index in [1.54, 1.807) is 24.8 Å². The maximum atomic E-state index is 5.87. The number of hydrogen-bond acceptors (Lipinski definition) is 8. The predicted molar refractivity (Wildman–Crippen MR) is 123 cm³/mol. The molecule has 0 atom stereocenters.